The summed E-state index contributed by atoms with van der Waals surface area (Å²) in [5.41, 5.74) is 6.92. The molecule has 0 aliphatic carbocycles. The van der Waals surface area contributed by atoms with Gasteiger partial charge in [-0.1, -0.05) is 38.1 Å². The van der Waals surface area contributed by atoms with Crippen molar-refractivity contribution in [1.82, 2.24) is 15.4 Å². The molecule has 4 heteroatoms. The molecule has 1 heterocycles. The summed E-state index contributed by atoms with van der Waals surface area (Å²) < 4.78 is 0. The van der Waals surface area contributed by atoms with Gasteiger partial charge in [-0.15, -0.1) is 0 Å². The number of nitrogens with one attached hydrogen (secondary N) is 1. The van der Waals surface area contributed by atoms with Gasteiger partial charge in [-0.2, -0.15) is 0 Å². The summed E-state index contributed by atoms with van der Waals surface area (Å²) in [6.07, 6.45) is 3.51. The van der Waals surface area contributed by atoms with Crippen molar-refractivity contribution in [1.29, 1.82) is 0 Å². The Labute approximate surface area is 114 Å². The van der Waals surface area contributed by atoms with Crippen molar-refractivity contribution < 1.29 is 0 Å². The average molecular weight is 256 g/mol. The molecule has 1 aromatic heterocycles. The molecular formula is C15H20N4. The van der Waals surface area contributed by atoms with Crippen molar-refractivity contribution in [2.75, 3.05) is 0 Å². The number of nitrogens with two attached hydrogens (primary N) is 1. The van der Waals surface area contributed by atoms with E-state index in [1.54, 1.807) is 12.4 Å². The third kappa shape index (κ3) is 3.16. The summed E-state index contributed by atoms with van der Waals surface area (Å²) in [6.45, 7) is 6.28. The van der Waals surface area contributed by atoms with Crippen molar-refractivity contribution in [3.05, 3.63) is 59.2 Å². The molecule has 1 aromatic carbocycles. The molecule has 0 radical (unpaired) electrons. The molecule has 0 aliphatic rings. The zero-order valence-corrected chi connectivity index (χ0v) is 11.6. The van der Waals surface area contributed by atoms with E-state index in [4.69, 9.17) is 5.84 Å². The third-order valence-electron chi connectivity index (χ3n) is 3.20. The van der Waals surface area contributed by atoms with Crippen LogP contribution in [0.3, 0.4) is 0 Å². The SMILES string of the molecule is Cc1cnc(C(NN)c2ccc(C(C)C)cc2)cn1. The molecule has 0 spiro atoms. The monoisotopic (exact) mass is 256 g/mol. The molecule has 4 nitrogen and oxygen atoms in total. The fourth-order valence-electron chi connectivity index (χ4n) is 1.98. The van der Waals surface area contributed by atoms with Crippen molar-refractivity contribution in [3.8, 4) is 0 Å². The van der Waals surface area contributed by atoms with Crippen molar-refractivity contribution >= 4 is 0 Å². The van der Waals surface area contributed by atoms with Gasteiger partial charge in [0.1, 0.15) is 0 Å². The zero-order chi connectivity index (χ0) is 13.8. The maximum atomic E-state index is 5.65. The van der Waals surface area contributed by atoms with Gasteiger partial charge in [-0.25, -0.2) is 5.43 Å². The molecule has 1 unspecified atom stereocenters. The molecule has 2 rings (SSSR count). The zero-order valence-electron chi connectivity index (χ0n) is 11.6. The van der Waals surface area contributed by atoms with Gasteiger partial charge in [0.2, 0.25) is 0 Å². The van der Waals surface area contributed by atoms with E-state index < -0.39 is 0 Å². The lowest BCUT2D eigenvalue weighted by Gasteiger charge is -2.16. The van der Waals surface area contributed by atoms with Gasteiger partial charge in [0.15, 0.2) is 0 Å². The molecule has 2 aromatic rings. The number of benzene rings is 1. The quantitative estimate of drug-likeness (QED) is 0.651. The fourth-order valence-corrected chi connectivity index (χ4v) is 1.98. The first kappa shape index (κ1) is 13.6. The van der Waals surface area contributed by atoms with E-state index in [1.807, 2.05) is 6.92 Å². The Morgan fingerprint density at radius 2 is 1.63 bits per heavy atom. The molecule has 3 N–H and O–H groups in total. The van der Waals surface area contributed by atoms with Gasteiger partial charge in [0.25, 0.3) is 0 Å². The van der Waals surface area contributed by atoms with Crippen LogP contribution in [-0.4, -0.2) is 9.97 Å². The van der Waals surface area contributed by atoms with Crippen LogP contribution in [0.4, 0.5) is 0 Å². The Kier molecular flexibility index (Phi) is 4.24. The van der Waals surface area contributed by atoms with Crippen molar-refractivity contribution in [3.63, 3.8) is 0 Å². The topological polar surface area (TPSA) is 63.8 Å². The van der Waals surface area contributed by atoms with Crippen LogP contribution in [0.25, 0.3) is 0 Å². The molecule has 0 saturated heterocycles. The van der Waals surface area contributed by atoms with Gasteiger partial charge in [0, 0.05) is 6.20 Å². The minimum absolute atomic E-state index is 0.130. The summed E-state index contributed by atoms with van der Waals surface area (Å²) in [6, 6.07) is 8.30. The predicted molar refractivity (Wildman–Crippen MR) is 76.5 cm³/mol. The Balaban J connectivity index is 2.28. The first-order valence-corrected chi connectivity index (χ1v) is 6.46. The highest BCUT2D eigenvalue weighted by molar-refractivity contribution is 5.31. The van der Waals surface area contributed by atoms with Crippen molar-refractivity contribution in [2.24, 2.45) is 5.84 Å². The van der Waals surface area contributed by atoms with Gasteiger partial charge >= 0.3 is 0 Å². The largest absolute Gasteiger partial charge is 0.271 e. The molecule has 19 heavy (non-hydrogen) atoms. The third-order valence-corrected chi connectivity index (χ3v) is 3.20. The van der Waals surface area contributed by atoms with E-state index in [9.17, 15) is 0 Å². The number of aromatic nitrogens is 2. The second kappa shape index (κ2) is 5.91. The second-order valence-electron chi connectivity index (χ2n) is 5.00. The summed E-state index contributed by atoms with van der Waals surface area (Å²) >= 11 is 0. The van der Waals surface area contributed by atoms with E-state index in [-0.39, 0.29) is 6.04 Å². The van der Waals surface area contributed by atoms with Crippen LogP contribution in [0.1, 0.15) is 48.3 Å². The van der Waals surface area contributed by atoms with E-state index in [2.05, 4.69) is 53.5 Å². The van der Waals surface area contributed by atoms with Gasteiger partial charge in [-0.05, 0) is 24.0 Å². The molecule has 0 bridgehead atoms. The lowest BCUT2D eigenvalue weighted by Crippen LogP contribution is -2.29. The van der Waals surface area contributed by atoms with E-state index in [1.165, 1.54) is 5.56 Å². The fraction of sp³-hybridized carbons (Fsp3) is 0.333. The second-order valence-corrected chi connectivity index (χ2v) is 5.00. The molecule has 1 atom stereocenters. The lowest BCUT2D eigenvalue weighted by atomic mass is 9.98. The maximum absolute atomic E-state index is 5.65. The van der Waals surface area contributed by atoms with Crippen LogP contribution in [0.15, 0.2) is 36.7 Å². The number of nitrogens with zero attached hydrogens (tertiary/aromatic N) is 2. The summed E-state index contributed by atoms with van der Waals surface area (Å²) in [5, 5.41) is 0. The van der Waals surface area contributed by atoms with Gasteiger partial charge in [-0.3, -0.25) is 15.8 Å². The molecule has 100 valence electrons. The Hall–Kier alpha value is -1.78. The van der Waals surface area contributed by atoms with Crippen LogP contribution < -0.4 is 11.3 Å². The average Bonchev–Trinajstić information content (AvgIpc) is 2.42. The molecular weight excluding hydrogens is 236 g/mol. The van der Waals surface area contributed by atoms with Crippen LogP contribution >= 0.6 is 0 Å². The summed E-state index contributed by atoms with van der Waals surface area (Å²) in [7, 11) is 0. The Bertz CT molecular complexity index is 517. The van der Waals surface area contributed by atoms with Crippen LogP contribution in [0.5, 0.6) is 0 Å². The Morgan fingerprint density at radius 3 is 2.11 bits per heavy atom. The minimum Gasteiger partial charge on any atom is -0.271 e. The smallest absolute Gasteiger partial charge is 0.0897 e. The van der Waals surface area contributed by atoms with Gasteiger partial charge < -0.3 is 0 Å². The number of aryl methyl sites for hydroxylation is 1. The predicted octanol–water partition coefficient (Wildman–Crippen LogP) is 2.46. The number of hydrogen-bond donors (Lipinski definition) is 2. The number of hydrazine groups is 1. The minimum atomic E-state index is -0.130. The molecule has 0 saturated carbocycles. The van der Waals surface area contributed by atoms with Crippen LogP contribution in [-0.2, 0) is 0 Å². The van der Waals surface area contributed by atoms with E-state index in [0.717, 1.165) is 17.0 Å². The standard InChI is InChI=1S/C15H20N4/c1-10(2)12-4-6-13(7-5-12)15(19-16)14-9-17-11(3)8-18-14/h4-10,15,19H,16H2,1-3H3. The first-order valence-electron chi connectivity index (χ1n) is 6.46. The number of hydrogen-bond acceptors (Lipinski definition) is 4. The summed E-state index contributed by atoms with van der Waals surface area (Å²) in [4.78, 5) is 8.64. The first-order chi connectivity index (χ1) is 9.11. The van der Waals surface area contributed by atoms with Gasteiger partial charge in [0.05, 0.1) is 23.6 Å². The van der Waals surface area contributed by atoms with Crippen LogP contribution in [0, 0.1) is 6.92 Å². The number of rotatable bonds is 4. The molecule has 0 aliphatic heterocycles. The highest BCUT2D eigenvalue weighted by atomic mass is 15.2. The highest BCUT2D eigenvalue weighted by Crippen LogP contribution is 2.22. The summed E-state index contributed by atoms with van der Waals surface area (Å²) in [5.74, 6) is 6.18. The molecule has 0 fully saturated rings. The normalized spacial score (nSPS) is 12.7. The van der Waals surface area contributed by atoms with Crippen LogP contribution in [0.2, 0.25) is 0 Å². The van der Waals surface area contributed by atoms with E-state index >= 15 is 0 Å². The highest BCUT2D eigenvalue weighted by Gasteiger charge is 2.14. The molecule has 0 amide bonds. The maximum Gasteiger partial charge on any atom is 0.0897 e. The van der Waals surface area contributed by atoms with E-state index in [0.29, 0.717) is 5.92 Å². The Morgan fingerprint density at radius 1 is 1.00 bits per heavy atom. The lowest BCUT2D eigenvalue weighted by molar-refractivity contribution is 0.616. The van der Waals surface area contributed by atoms with Crippen molar-refractivity contribution in [2.45, 2.75) is 32.7 Å².